The van der Waals surface area contributed by atoms with Crippen molar-refractivity contribution in [1.29, 1.82) is 0 Å². The van der Waals surface area contributed by atoms with Gasteiger partial charge in [-0.25, -0.2) is 4.79 Å². The van der Waals surface area contributed by atoms with Crippen LogP contribution in [0.5, 0.6) is 11.5 Å². The smallest absolute Gasteiger partial charge is 0.340 e. The average molecular weight is 428 g/mol. The number of methoxy groups -OCH3 is 1. The van der Waals surface area contributed by atoms with E-state index in [1.807, 2.05) is 13.8 Å². The number of aryl methyl sites for hydroxylation is 1. The third kappa shape index (κ3) is 4.29. The quantitative estimate of drug-likeness (QED) is 0.619. The molecule has 0 bridgehead atoms. The van der Waals surface area contributed by atoms with Gasteiger partial charge in [-0.1, -0.05) is 25.5 Å². The fourth-order valence-corrected chi connectivity index (χ4v) is 3.89. The molecule has 1 atom stereocenters. The highest BCUT2D eigenvalue weighted by atomic mass is 16.5. The lowest BCUT2D eigenvalue weighted by atomic mass is 9.83. The Morgan fingerprint density at radius 1 is 1.26 bits per heavy atom. The summed E-state index contributed by atoms with van der Waals surface area (Å²) in [7, 11) is 1.25. The molecule has 2 aromatic rings. The number of rotatable bonds is 8. The highest BCUT2D eigenvalue weighted by Gasteiger charge is 2.38. The van der Waals surface area contributed by atoms with Gasteiger partial charge in [-0.15, -0.1) is 0 Å². The standard InChI is InChI=1S/C23H28N2O6/c1-4-6-15-13-17-19(22(27)25(15)11-12-26)18(20(21(24)31-17)23(28)29-3)14-7-9-16(10-8-14)30-5-2/h7-10,13,18,26H,4-6,11-12,24H2,1-3H3. The molecule has 0 amide bonds. The first kappa shape index (κ1) is 22.4. The lowest BCUT2D eigenvalue weighted by Gasteiger charge is -2.29. The summed E-state index contributed by atoms with van der Waals surface area (Å²) in [4.78, 5) is 26.2. The number of aliphatic hydroxyl groups is 1. The highest BCUT2D eigenvalue weighted by molar-refractivity contribution is 5.92. The minimum Gasteiger partial charge on any atom is -0.494 e. The SMILES string of the molecule is CCCc1cc2c(c(=O)n1CCO)C(c1ccc(OCC)cc1)C(C(=O)OC)=C(N)O2. The molecule has 1 aromatic heterocycles. The number of nitrogens with two attached hydrogens (primary N) is 1. The van der Waals surface area contributed by atoms with Crippen molar-refractivity contribution in [3.05, 3.63) is 69.0 Å². The molecule has 0 radical (unpaired) electrons. The monoisotopic (exact) mass is 428 g/mol. The topological polar surface area (TPSA) is 113 Å². The first-order valence-electron chi connectivity index (χ1n) is 10.3. The third-order valence-corrected chi connectivity index (χ3v) is 5.21. The number of hydrogen-bond acceptors (Lipinski definition) is 7. The Bertz CT molecular complexity index is 1040. The summed E-state index contributed by atoms with van der Waals surface area (Å²) >= 11 is 0. The maximum absolute atomic E-state index is 13.5. The molecule has 0 saturated heterocycles. The van der Waals surface area contributed by atoms with Crippen molar-refractivity contribution in [2.45, 2.75) is 39.2 Å². The van der Waals surface area contributed by atoms with Gasteiger partial charge in [0.15, 0.2) is 0 Å². The predicted octanol–water partition coefficient (Wildman–Crippen LogP) is 2.06. The second-order valence-corrected chi connectivity index (χ2v) is 7.15. The molecule has 8 nitrogen and oxygen atoms in total. The molecule has 1 aromatic carbocycles. The molecule has 0 fully saturated rings. The van der Waals surface area contributed by atoms with E-state index in [9.17, 15) is 14.7 Å². The summed E-state index contributed by atoms with van der Waals surface area (Å²) in [6.07, 6.45) is 1.44. The van der Waals surface area contributed by atoms with Gasteiger partial charge in [-0.05, 0) is 31.0 Å². The van der Waals surface area contributed by atoms with Gasteiger partial charge < -0.3 is 29.6 Å². The van der Waals surface area contributed by atoms with Gasteiger partial charge in [0.05, 0.1) is 31.8 Å². The number of nitrogens with zero attached hydrogens (tertiary/aromatic N) is 1. The van der Waals surface area contributed by atoms with Crippen LogP contribution in [0.3, 0.4) is 0 Å². The number of fused-ring (bicyclic) bond motifs is 1. The zero-order chi connectivity index (χ0) is 22.5. The molecule has 3 rings (SSSR count). The normalized spacial score (nSPS) is 15.3. The highest BCUT2D eigenvalue weighted by Crippen LogP contribution is 2.41. The Balaban J connectivity index is 2.26. The molecule has 8 heteroatoms. The minimum absolute atomic E-state index is 0.0649. The van der Waals surface area contributed by atoms with E-state index in [4.69, 9.17) is 19.9 Å². The van der Waals surface area contributed by atoms with Gasteiger partial charge in [-0.3, -0.25) is 4.79 Å². The summed E-state index contributed by atoms with van der Waals surface area (Å²) in [6, 6.07) is 8.89. The fourth-order valence-electron chi connectivity index (χ4n) is 3.89. The van der Waals surface area contributed by atoms with Crippen LogP contribution >= 0.6 is 0 Å². The van der Waals surface area contributed by atoms with E-state index >= 15 is 0 Å². The number of carbonyl (C=O) groups is 1. The van der Waals surface area contributed by atoms with E-state index < -0.39 is 11.9 Å². The van der Waals surface area contributed by atoms with Crippen LogP contribution in [0.1, 0.15) is 43.0 Å². The van der Waals surface area contributed by atoms with E-state index in [-0.39, 0.29) is 35.7 Å². The zero-order valence-corrected chi connectivity index (χ0v) is 18.0. The molecule has 31 heavy (non-hydrogen) atoms. The van der Waals surface area contributed by atoms with Crippen LogP contribution < -0.4 is 20.8 Å². The summed E-state index contributed by atoms with van der Waals surface area (Å²) in [5.74, 6) is -0.564. The van der Waals surface area contributed by atoms with Gasteiger partial charge in [0, 0.05) is 18.3 Å². The van der Waals surface area contributed by atoms with Crippen molar-refractivity contribution < 1.29 is 24.1 Å². The Kier molecular flexibility index (Phi) is 7.02. The van der Waals surface area contributed by atoms with Crippen LogP contribution in [0, 0.1) is 0 Å². The lowest BCUT2D eigenvalue weighted by molar-refractivity contribution is -0.136. The van der Waals surface area contributed by atoms with Gasteiger partial charge in [0.25, 0.3) is 5.56 Å². The number of pyridine rings is 1. The lowest BCUT2D eigenvalue weighted by Crippen LogP contribution is -2.36. The molecule has 3 N–H and O–H groups in total. The number of ether oxygens (including phenoxy) is 3. The number of aliphatic hydroxyl groups excluding tert-OH is 1. The van der Waals surface area contributed by atoms with Crippen LogP contribution in [-0.4, -0.2) is 36.0 Å². The summed E-state index contributed by atoms with van der Waals surface area (Å²) < 4.78 is 17.7. The van der Waals surface area contributed by atoms with Gasteiger partial charge in [-0.2, -0.15) is 0 Å². The molecule has 166 valence electrons. The van der Waals surface area contributed by atoms with Gasteiger partial charge >= 0.3 is 5.97 Å². The summed E-state index contributed by atoms with van der Waals surface area (Å²) in [5.41, 5.74) is 7.56. The average Bonchev–Trinajstić information content (AvgIpc) is 2.76. The Morgan fingerprint density at radius 3 is 2.55 bits per heavy atom. The van der Waals surface area contributed by atoms with Gasteiger partial charge in [0.1, 0.15) is 17.1 Å². The second kappa shape index (κ2) is 9.70. The van der Waals surface area contributed by atoms with Crippen molar-refractivity contribution >= 4 is 5.97 Å². The van der Waals surface area contributed by atoms with E-state index in [1.165, 1.54) is 11.7 Å². The third-order valence-electron chi connectivity index (χ3n) is 5.21. The Labute approximate surface area is 180 Å². The van der Waals surface area contributed by atoms with Crippen LogP contribution in [0.2, 0.25) is 0 Å². The predicted molar refractivity (Wildman–Crippen MR) is 115 cm³/mol. The maximum Gasteiger partial charge on any atom is 0.340 e. The molecular weight excluding hydrogens is 400 g/mol. The molecule has 1 aliphatic heterocycles. The van der Waals surface area contributed by atoms with E-state index in [0.717, 1.165) is 12.1 Å². The molecule has 1 aliphatic rings. The van der Waals surface area contributed by atoms with Crippen LogP contribution in [-0.2, 0) is 22.5 Å². The molecule has 0 aliphatic carbocycles. The molecular formula is C23H28N2O6. The Morgan fingerprint density at radius 2 is 1.97 bits per heavy atom. The molecule has 2 heterocycles. The zero-order valence-electron chi connectivity index (χ0n) is 18.0. The first-order chi connectivity index (χ1) is 15.0. The van der Waals surface area contributed by atoms with Crippen molar-refractivity contribution in [3.63, 3.8) is 0 Å². The summed E-state index contributed by atoms with van der Waals surface area (Å²) in [6.45, 7) is 4.36. The second-order valence-electron chi connectivity index (χ2n) is 7.15. The number of benzene rings is 1. The largest absolute Gasteiger partial charge is 0.494 e. The number of aromatic nitrogens is 1. The van der Waals surface area contributed by atoms with Crippen LogP contribution in [0.15, 0.2) is 46.6 Å². The van der Waals surface area contributed by atoms with Crippen molar-refractivity contribution in [1.82, 2.24) is 4.57 Å². The first-order valence-corrected chi connectivity index (χ1v) is 10.3. The van der Waals surface area contributed by atoms with Crippen LogP contribution in [0.4, 0.5) is 0 Å². The molecule has 1 unspecified atom stereocenters. The number of esters is 1. The maximum atomic E-state index is 13.5. The fraction of sp³-hybridized carbons (Fsp3) is 0.391. The van der Waals surface area contributed by atoms with E-state index in [2.05, 4.69) is 0 Å². The molecule has 0 saturated carbocycles. The van der Waals surface area contributed by atoms with Crippen LogP contribution in [0.25, 0.3) is 0 Å². The Hall–Kier alpha value is -3.26. The van der Waals surface area contributed by atoms with E-state index in [1.54, 1.807) is 30.3 Å². The van der Waals surface area contributed by atoms with E-state index in [0.29, 0.717) is 30.1 Å². The minimum atomic E-state index is -0.778. The summed E-state index contributed by atoms with van der Waals surface area (Å²) in [5, 5.41) is 9.52. The van der Waals surface area contributed by atoms with Crippen molar-refractivity contribution in [2.75, 3.05) is 20.3 Å². The van der Waals surface area contributed by atoms with Crippen molar-refractivity contribution in [3.8, 4) is 11.5 Å². The van der Waals surface area contributed by atoms with Crippen molar-refractivity contribution in [2.24, 2.45) is 5.73 Å². The molecule has 0 spiro atoms. The number of hydrogen-bond donors (Lipinski definition) is 2. The van der Waals surface area contributed by atoms with Gasteiger partial charge in [0.2, 0.25) is 5.88 Å². The number of carbonyl (C=O) groups excluding carboxylic acids is 1.